The molecular weight excluding hydrogens is 416 g/mol. The number of anilines is 1. The summed E-state index contributed by atoms with van der Waals surface area (Å²) in [5, 5.41) is 6.33. The summed E-state index contributed by atoms with van der Waals surface area (Å²) in [5.74, 6) is -0.172. The number of rotatable bonds is 6. The van der Waals surface area contributed by atoms with Crippen LogP contribution in [0.3, 0.4) is 0 Å². The van der Waals surface area contributed by atoms with Crippen molar-refractivity contribution in [3.05, 3.63) is 51.3 Å². The molecule has 0 unspecified atom stereocenters. The highest BCUT2D eigenvalue weighted by Crippen LogP contribution is 2.35. The van der Waals surface area contributed by atoms with Gasteiger partial charge in [0, 0.05) is 53.7 Å². The van der Waals surface area contributed by atoms with E-state index in [1.807, 2.05) is 18.7 Å². The fourth-order valence-corrected chi connectivity index (χ4v) is 4.38. The molecule has 1 aromatic heterocycles. The molecule has 1 saturated heterocycles. The number of hydrogen-bond donors (Lipinski definition) is 3. The Bertz CT molecular complexity index is 1100. The van der Waals surface area contributed by atoms with Crippen LogP contribution in [0.25, 0.3) is 11.6 Å². The first kappa shape index (κ1) is 21.2. The number of benzene rings is 1. The molecule has 2 aliphatic heterocycles. The van der Waals surface area contributed by atoms with E-state index < -0.39 is 0 Å². The molecule has 0 atom stereocenters. The highest BCUT2D eigenvalue weighted by molar-refractivity contribution is 6.36. The van der Waals surface area contributed by atoms with Crippen LogP contribution in [0, 0.1) is 13.8 Å². The second-order valence-electron chi connectivity index (χ2n) is 7.96. The topological polar surface area (TPSA) is 94.3 Å². The number of H-pyrrole nitrogens is 1. The number of amides is 3. The molecule has 8 heteroatoms. The Morgan fingerprint density at radius 1 is 1.29 bits per heavy atom. The molecule has 1 aromatic carbocycles. The van der Waals surface area contributed by atoms with Gasteiger partial charge in [-0.2, -0.15) is 0 Å². The van der Waals surface area contributed by atoms with E-state index in [1.165, 1.54) is 0 Å². The van der Waals surface area contributed by atoms with E-state index in [-0.39, 0.29) is 17.7 Å². The maximum Gasteiger partial charge on any atom is 0.256 e. The van der Waals surface area contributed by atoms with Crippen molar-refractivity contribution < 1.29 is 14.4 Å². The van der Waals surface area contributed by atoms with Gasteiger partial charge in [-0.15, -0.1) is 0 Å². The zero-order valence-corrected chi connectivity index (χ0v) is 18.4. The molecule has 3 heterocycles. The quantitative estimate of drug-likeness (QED) is 0.473. The van der Waals surface area contributed by atoms with Crippen molar-refractivity contribution in [2.75, 3.05) is 25.0 Å². The van der Waals surface area contributed by atoms with Crippen LogP contribution in [-0.4, -0.2) is 47.2 Å². The average Bonchev–Trinajstić information content (AvgIpc) is 3.35. The molecule has 0 bridgehead atoms. The first-order valence-corrected chi connectivity index (χ1v) is 10.8. The maximum absolute atomic E-state index is 12.8. The van der Waals surface area contributed by atoms with Crippen molar-refractivity contribution in [1.82, 2.24) is 15.2 Å². The van der Waals surface area contributed by atoms with Gasteiger partial charge < -0.3 is 20.5 Å². The van der Waals surface area contributed by atoms with Gasteiger partial charge in [0.2, 0.25) is 5.91 Å². The lowest BCUT2D eigenvalue weighted by atomic mass is 10.0. The third kappa shape index (κ3) is 4.23. The van der Waals surface area contributed by atoms with Gasteiger partial charge in [0.1, 0.15) is 0 Å². The van der Waals surface area contributed by atoms with Gasteiger partial charge in [-0.3, -0.25) is 14.4 Å². The molecule has 3 amide bonds. The largest absolute Gasteiger partial charge is 0.358 e. The van der Waals surface area contributed by atoms with Gasteiger partial charge in [-0.05, 0) is 56.5 Å². The van der Waals surface area contributed by atoms with E-state index >= 15 is 0 Å². The third-order valence-electron chi connectivity index (χ3n) is 5.82. The molecule has 3 N–H and O–H groups in total. The predicted molar refractivity (Wildman–Crippen MR) is 121 cm³/mol. The van der Waals surface area contributed by atoms with E-state index in [4.69, 9.17) is 11.6 Å². The first-order valence-electron chi connectivity index (χ1n) is 10.4. The molecule has 0 spiro atoms. The van der Waals surface area contributed by atoms with E-state index in [2.05, 4.69) is 15.6 Å². The molecule has 31 heavy (non-hydrogen) atoms. The molecular formula is C23H25ClN4O3. The highest BCUT2D eigenvalue weighted by atomic mass is 35.5. The second kappa shape index (κ2) is 8.59. The Kier molecular flexibility index (Phi) is 5.87. The smallest absolute Gasteiger partial charge is 0.256 e. The van der Waals surface area contributed by atoms with Gasteiger partial charge in [-0.1, -0.05) is 11.6 Å². The van der Waals surface area contributed by atoms with Crippen LogP contribution in [0.1, 0.15) is 52.1 Å². The van der Waals surface area contributed by atoms with Gasteiger partial charge in [0.05, 0.1) is 11.1 Å². The normalized spacial score (nSPS) is 16.7. The summed E-state index contributed by atoms with van der Waals surface area (Å²) in [5.41, 5.74) is 4.77. The fourth-order valence-electron chi connectivity index (χ4n) is 4.21. The predicted octanol–water partition coefficient (Wildman–Crippen LogP) is 3.52. The number of likely N-dealkylation sites (tertiary alicyclic amines) is 1. The number of aryl methyl sites for hydroxylation is 1. The number of halogens is 1. The summed E-state index contributed by atoms with van der Waals surface area (Å²) in [6, 6.07) is 5.26. The molecule has 7 nitrogen and oxygen atoms in total. The number of nitrogens with one attached hydrogen (secondary N) is 3. The van der Waals surface area contributed by atoms with Crippen molar-refractivity contribution >= 4 is 46.7 Å². The zero-order chi connectivity index (χ0) is 22.1. The number of aromatic nitrogens is 1. The summed E-state index contributed by atoms with van der Waals surface area (Å²) >= 11 is 6.10. The molecule has 1 fully saturated rings. The van der Waals surface area contributed by atoms with Crippen molar-refractivity contribution in [3.8, 4) is 0 Å². The highest BCUT2D eigenvalue weighted by Gasteiger charge is 2.26. The fraction of sp³-hybridized carbons (Fsp3) is 0.348. The van der Waals surface area contributed by atoms with Crippen LogP contribution in [-0.2, 0) is 9.59 Å². The number of fused-ring (bicyclic) bond motifs is 1. The van der Waals surface area contributed by atoms with Gasteiger partial charge in [0.25, 0.3) is 11.8 Å². The minimum absolute atomic E-state index is 0.164. The lowest BCUT2D eigenvalue weighted by Crippen LogP contribution is -2.31. The summed E-state index contributed by atoms with van der Waals surface area (Å²) in [6.45, 7) is 5.67. The molecule has 0 saturated carbocycles. The number of nitrogens with zero attached hydrogens (tertiary/aromatic N) is 1. The molecule has 2 aromatic rings. The number of hydrogen-bond acceptors (Lipinski definition) is 3. The average molecular weight is 441 g/mol. The summed E-state index contributed by atoms with van der Waals surface area (Å²) in [4.78, 5) is 42.0. The Morgan fingerprint density at radius 3 is 2.84 bits per heavy atom. The monoisotopic (exact) mass is 440 g/mol. The standard InChI is InChI=1S/C23H25ClN4O3/c1-13-19(12-17-16-11-15(24)6-7-18(16)27-22(17)30)26-14(2)21(13)23(31)25-8-4-10-28-9-3-5-20(28)29/h6-7,11-12,26H,3-5,8-10H2,1-2H3,(H,25,31)(H,27,30)/b17-12-. The van der Waals surface area contributed by atoms with E-state index in [0.717, 1.165) is 35.5 Å². The maximum atomic E-state index is 12.8. The zero-order valence-electron chi connectivity index (χ0n) is 17.6. The van der Waals surface area contributed by atoms with Gasteiger partial charge in [0.15, 0.2) is 0 Å². The van der Waals surface area contributed by atoms with Crippen LogP contribution >= 0.6 is 11.6 Å². The number of carbonyl (C=O) groups is 3. The minimum atomic E-state index is -0.202. The first-order chi connectivity index (χ1) is 14.8. The van der Waals surface area contributed by atoms with Crippen LogP contribution in [0.15, 0.2) is 18.2 Å². The van der Waals surface area contributed by atoms with E-state index in [1.54, 1.807) is 24.3 Å². The van der Waals surface area contributed by atoms with Crippen molar-refractivity contribution in [2.24, 2.45) is 0 Å². The van der Waals surface area contributed by atoms with Gasteiger partial charge in [-0.25, -0.2) is 0 Å². The van der Waals surface area contributed by atoms with E-state index in [0.29, 0.717) is 47.8 Å². The Hall–Kier alpha value is -3.06. The summed E-state index contributed by atoms with van der Waals surface area (Å²) < 4.78 is 0. The third-order valence-corrected chi connectivity index (χ3v) is 6.05. The van der Waals surface area contributed by atoms with Crippen LogP contribution < -0.4 is 10.6 Å². The minimum Gasteiger partial charge on any atom is -0.358 e. The number of carbonyl (C=O) groups excluding carboxylic acids is 3. The van der Waals surface area contributed by atoms with Crippen LogP contribution in [0.4, 0.5) is 5.69 Å². The van der Waals surface area contributed by atoms with Crippen molar-refractivity contribution in [2.45, 2.75) is 33.1 Å². The van der Waals surface area contributed by atoms with Gasteiger partial charge >= 0.3 is 0 Å². The molecule has 4 rings (SSSR count). The molecule has 2 aliphatic rings. The Labute approximate surface area is 185 Å². The lowest BCUT2D eigenvalue weighted by molar-refractivity contribution is -0.127. The van der Waals surface area contributed by atoms with Crippen LogP contribution in [0.2, 0.25) is 5.02 Å². The Morgan fingerprint density at radius 2 is 2.10 bits per heavy atom. The van der Waals surface area contributed by atoms with Crippen LogP contribution in [0.5, 0.6) is 0 Å². The second-order valence-corrected chi connectivity index (χ2v) is 8.40. The number of aromatic amines is 1. The summed E-state index contributed by atoms with van der Waals surface area (Å²) in [6.07, 6.45) is 4.02. The Balaban J connectivity index is 1.47. The SMILES string of the molecule is Cc1[nH]c(/C=C2\C(=O)Nc3ccc(Cl)cc32)c(C)c1C(=O)NCCCN1CCCC1=O. The van der Waals surface area contributed by atoms with E-state index in [9.17, 15) is 14.4 Å². The van der Waals surface area contributed by atoms with Crippen molar-refractivity contribution in [1.29, 1.82) is 0 Å². The lowest BCUT2D eigenvalue weighted by Gasteiger charge is -2.15. The molecule has 0 aliphatic carbocycles. The summed E-state index contributed by atoms with van der Waals surface area (Å²) in [7, 11) is 0. The molecule has 0 radical (unpaired) electrons. The molecule has 162 valence electrons. The van der Waals surface area contributed by atoms with Crippen molar-refractivity contribution in [3.63, 3.8) is 0 Å².